The number of ether oxygens (including phenoxy) is 1. The smallest absolute Gasteiger partial charge is 0.322 e. The monoisotopic (exact) mass is 250 g/mol. The summed E-state index contributed by atoms with van der Waals surface area (Å²) in [5.41, 5.74) is 5.81. The molecule has 0 heterocycles. The number of nitrogens with one attached hydrogen (secondary N) is 1. The largest absolute Gasteiger partial charge is 0.468 e. The lowest BCUT2D eigenvalue weighted by Gasteiger charge is -2.28. The normalized spacial score (nSPS) is 26.4. The zero-order chi connectivity index (χ0) is 12.2. The second kappa shape index (κ2) is 5.60. The molecule has 0 unspecified atom stereocenters. The van der Waals surface area contributed by atoms with Gasteiger partial charge in [0.1, 0.15) is 0 Å². The summed E-state index contributed by atoms with van der Waals surface area (Å²) in [6, 6.07) is -0.426. The average Bonchev–Trinajstić information content (AvgIpc) is 2.20. The number of esters is 1. The molecular weight excluding hydrogens is 232 g/mol. The van der Waals surface area contributed by atoms with Gasteiger partial charge in [0.25, 0.3) is 0 Å². The van der Waals surface area contributed by atoms with Gasteiger partial charge in [-0.3, -0.25) is 4.79 Å². The van der Waals surface area contributed by atoms with Crippen LogP contribution < -0.4 is 10.5 Å². The number of hydrogen-bond donors (Lipinski definition) is 2. The maximum atomic E-state index is 11.5. The predicted octanol–water partition coefficient (Wildman–Crippen LogP) is -0.651. The van der Waals surface area contributed by atoms with Crippen LogP contribution in [0.3, 0.4) is 0 Å². The summed E-state index contributed by atoms with van der Waals surface area (Å²) in [6.07, 6.45) is 3.52. The maximum absolute atomic E-state index is 11.5. The quantitative estimate of drug-likeness (QED) is 0.646. The molecule has 16 heavy (non-hydrogen) atoms. The van der Waals surface area contributed by atoms with Gasteiger partial charge < -0.3 is 10.5 Å². The summed E-state index contributed by atoms with van der Waals surface area (Å²) in [5.74, 6) is -1.41. The Hall–Kier alpha value is -0.660. The fourth-order valence-corrected chi connectivity index (χ4v) is 3.06. The van der Waals surface area contributed by atoms with Gasteiger partial charge in [0.2, 0.25) is 10.0 Å². The van der Waals surface area contributed by atoms with Gasteiger partial charge in [0.15, 0.2) is 5.75 Å². The molecule has 0 radical (unpaired) electrons. The third-order valence-electron chi connectivity index (χ3n) is 2.69. The molecule has 0 spiro atoms. The third-order valence-corrected chi connectivity index (χ3v) is 3.96. The molecule has 0 bridgehead atoms. The van der Waals surface area contributed by atoms with Crippen molar-refractivity contribution in [2.24, 2.45) is 5.73 Å². The number of carbonyl (C=O) groups excluding carboxylic acids is 1. The van der Waals surface area contributed by atoms with Crippen LogP contribution in [0.25, 0.3) is 0 Å². The molecule has 0 aromatic rings. The molecule has 0 amide bonds. The van der Waals surface area contributed by atoms with Crippen LogP contribution in [0.1, 0.15) is 25.7 Å². The van der Waals surface area contributed by atoms with Gasteiger partial charge in [-0.1, -0.05) is 12.8 Å². The number of sulfonamides is 1. The highest BCUT2D eigenvalue weighted by atomic mass is 32.2. The van der Waals surface area contributed by atoms with Crippen molar-refractivity contribution in [3.05, 3.63) is 0 Å². The number of hydrogen-bond acceptors (Lipinski definition) is 5. The van der Waals surface area contributed by atoms with E-state index in [1.165, 1.54) is 0 Å². The molecule has 1 rings (SSSR count). The summed E-state index contributed by atoms with van der Waals surface area (Å²) in [5, 5.41) is 0. The molecule has 0 aromatic heterocycles. The molecule has 7 heteroatoms. The number of methoxy groups -OCH3 is 1. The fourth-order valence-electron chi connectivity index (χ4n) is 1.79. The Morgan fingerprint density at radius 2 is 2.06 bits per heavy atom. The highest BCUT2D eigenvalue weighted by Gasteiger charge is 2.27. The van der Waals surface area contributed by atoms with E-state index in [4.69, 9.17) is 5.73 Å². The highest BCUT2D eigenvalue weighted by Crippen LogP contribution is 2.17. The van der Waals surface area contributed by atoms with Crippen LogP contribution in [0.2, 0.25) is 0 Å². The molecule has 94 valence electrons. The average molecular weight is 250 g/mol. The van der Waals surface area contributed by atoms with Gasteiger partial charge in [0.05, 0.1) is 7.11 Å². The minimum absolute atomic E-state index is 0.166. The second-order valence-corrected chi connectivity index (χ2v) is 5.76. The Labute approximate surface area is 95.6 Å². The number of nitrogens with two attached hydrogens (primary N) is 1. The van der Waals surface area contributed by atoms with E-state index in [-0.39, 0.29) is 12.1 Å². The van der Waals surface area contributed by atoms with E-state index in [9.17, 15) is 13.2 Å². The van der Waals surface area contributed by atoms with Gasteiger partial charge in [-0.25, -0.2) is 13.1 Å². The molecule has 6 nitrogen and oxygen atoms in total. The molecule has 1 aliphatic rings. The lowest BCUT2D eigenvalue weighted by molar-refractivity contribution is -0.137. The fraction of sp³-hybridized carbons (Fsp3) is 0.889. The van der Waals surface area contributed by atoms with Crippen LogP contribution in [0.5, 0.6) is 0 Å². The molecule has 0 saturated heterocycles. The Balaban J connectivity index is 2.54. The van der Waals surface area contributed by atoms with Gasteiger partial charge >= 0.3 is 5.97 Å². The molecule has 1 aliphatic carbocycles. The van der Waals surface area contributed by atoms with E-state index >= 15 is 0 Å². The van der Waals surface area contributed by atoms with Gasteiger partial charge in [-0.05, 0) is 12.8 Å². The van der Waals surface area contributed by atoms with Gasteiger partial charge in [-0.15, -0.1) is 0 Å². The van der Waals surface area contributed by atoms with Gasteiger partial charge in [0, 0.05) is 12.1 Å². The first-order valence-electron chi connectivity index (χ1n) is 5.27. The molecule has 2 atom stereocenters. The van der Waals surface area contributed by atoms with Crippen molar-refractivity contribution < 1.29 is 17.9 Å². The minimum atomic E-state index is -3.63. The molecular formula is C9H18N2O4S. The van der Waals surface area contributed by atoms with Crippen LogP contribution in [0.4, 0.5) is 0 Å². The van der Waals surface area contributed by atoms with E-state index in [1.54, 1.807) is 0 Å². The second-order valence-electron chi connectivity index (χ2n) is 4.01. The van der Waals surface area contributed by atoms with Crippen molar-refractivity contribution in [2.75, 3.05) is 12.9 Å². The van der Waals surface area contributed by atoms with Crippen LogP contribution >= 0.6 is 0 Å². The SMILES string of the molecule is COC(=O)CS(=O)(=O)N[C@@H]1CCCC[C@H]1N. The van der Waals surface area contributed by atoms with E-state index in [0.717, 1.165) is 32.8 Å². The van der Waals surface area contributed by atoms with Crippen molar-refractivity contribution in [2.45, 2.75) is 37.8 Å². The molecule has 0 aromatic carbocycles. The predicted molar refractivity (Wildman–Crippen MR) is 59.2 cm³/mol. The molecule has 3 N–H and O–H groups in total. The summed E-state index contributed by atoms with van der Waals surface area (Å²) < 4.78 is 29.9. The topological polar surface area (TPSA) is 98.5 Å². The standard InChI is InChI=1S/C9H18N2O4S/c1-15-9(12)6-16(13,14)11-8-5-3-2-4-7(8)10/h7-8,11H,2-6,10H2,1H3/t7-,8-/m1/s1. The summed E-state index contributed by atoms with van der Waals surface area (Å²) >= 11 is 0. The molecule has 0 aliphatic heterocycles. The maximum Gasteiger partial charge on any atom is 0.322 e. The first kappa shape index (κ1) is 13.4. The van der Waals surface area contributed by atoms with E-state index in [2.05, 4.69) is 9.46 Å². The first-order chi connectivity index (χ1) is 7.44. The van der Waals surface area contributed by atoms with Crippen LogP contribution in [-0.2, 0) is 19.6 Å². The van der Waals surface area contributed by atoms with Crippen molar-refractivity contribution in [1.29, 1.82) is 0 Å². The highest BCUT2D eigenvalue weighted by molar-refractivity contribution is 7.90. The lowest BCUT2D eigenvalue weighted by atomic mass is 9.92. The Morgan fingerprint density at radius 3 is 2.62 bits per heavy atom. The van der Waals surface area contributed by atoms with Crippen molar-refractivity contribution in [3.63, 3.8) is 0 Å². The Kier molecular flexibility index (Phi) is 4.69. The zero-order valence-corrected chi connectivity index (χ0v) is 10.1. The Bertz CT molecular complexity index is 341. The van der Waals surface area contributed by atoms with Crippen LogP contribution in [0.15, 0.2) is 0 Å². The number of carbonyl (C=O) groups is 1. The van der Waals surface area contributed by atoms with Crippen molar-refractivity contribution in [3.8, 4) is 0 Å². The van der Waals surface area contributed by atoms with Crippen molar-refractivity contribution in [1.82, 2.24) is 4.72 Å². The minimum Gasteiger partial charge on any atom is -0.468 e. The molecule has 1 saturated carbocycles. The van der Waals surface area contributed by atoms with E-state index < -0.39 is 21.7 Å². The number of rotatable bonds is 4. The zero-order valence-electron chi connectivity index (χ0n) is 9.31. The van der Waals surface area contributed by atoms with Crippen LogP contribution in [0, 0.1) is 0 Å². The van der Waals surface area contributed by atoms with Crippen molar-refractivity contribution >= 4 is 16.0 Å². The summed E-state index contributed by atoms with van der Waals surface area (Å²) in [6.45, 7) is 0. The summed E-state index contributed by atoms with van der Waals surface area (Å²) in [7, 11) is -2.47. The molecule has 1 fully saturated rings. The van der Waals surface area contributed by atoms with E-state index in [1.807, 2.05) is 0 Å². The lowest BCUT2D eigenvalue weighted by Crippen LogP contribution is -2.50. The Morgan fingerprint density at radius 1 is 1.44 bits per heavy atom. The first-order valence-corrected chi connectivity index (χ1v) is 6.92. The van der Waals surface area contributed by atoms with Crippen LogP contribution in [-0.4, -0.2) is 39.3 Å². The van der Waals surface area contributed by atoms with Gasteiger partial charge in [-0.2, -0.15) is 0 Å². The summed E-state index contributed by atoms with van der Waals surface area (Å²) in [4.78, 5) is 10.9. The third kappa shape index (κ3) is 4.07. The van der Waals surface area contributed by atoms with E-state index in [0.29, 0.717) is 0 Å².